The minimum atomic E-state index is 0.743. The Bertz CT molecular complexity index is 413. The van der Waals surface area contributed by atoms with Gasteiger partial charge in [-0.15, -0.1) is 0 Å². The highest BCUT2D eigenvalue weighted by atomic mass is 15.5. The van der Waals surface area contributed by atoms with Gasteiger partial charge >= 0.3 is 0 Å². The molecule has 0 spiro atoms. The molecule has 4 aliphatic rings. The van der Waals surface area contributed by atoms with Gasteiger partial charge in [-0.2, -0.15) is 0 Å². The molecule has 0 N–H and O–H groups in total. The zero-order valence-corrected chi connectivity index (χ0v) is 20.5. The number of nitrogens with zero attached hydrogens (tertiary/aromatic N) is 3. The molecular formula is C27H51N3. The Labute approximate surface area is 187 Å². The molecule has 174 valence electrons. The number of hydrogen-bond donors (Lipinski definition) is 0. The van der Waals surface area contributed by atoms with Gasteiger partial charge in [0.15, 0.2) is 0 Å². The highest BCUT2D eigenvalue weighted by Gasteiger charge is 2.37. The van der Waals surface area contributed by atoms with Crippen molar-refractivity contribution in [1.82, 2.24) is 14.7 Å². The minimum absolute atomic E-state index is 0.743. The maximum atomic E-state index is 2.89. The first kappa shape index (κ1) is 23.1. The Morgan fingerprint density at radius 2 is 0.633 bits per heavy atom. The molecule has 1 aliphatic heterocycles. The van der Waals surface area contributed by atoms with Crippen LogP contribution in [0.4, 0.5) is 0 Å². The van der Waals surface area contributed by atoms with Crippen LogP contribution >= 0.6 is 0 Å². The molecule has 3 unspecified atom stereocenters. The normalized spacial score (nSPS) is 30.9. The first-order valence-corrected chi connectivity index (χ1v) is 13.9. The molecule has 0 radical (unpaired) electrons. The molecule has 3 saturated carbocycles. The van der Waals surface area contributed by atoms with E-state index in [1.165, 1.54) is 116 Å². The van der Waals surface area contributed by atoms with Gasteiger partial charge in [-0.05, 0) is 77.0 Å². The van der Waals surface area contributed by atoms with Crippen LogP contribution in [-0.4, -0.2) is 52.8 Å². The Balaban J connectivity index is 1.46. The van der Waals surface area contributed by atoms with Gasteiger partial charge in [0.2, 0.25) is 0 Å². The molecule has 4 rings (SSSR count). The quantitative estimate of drug-likeness (QED) is 0.477. The Hall–Kier alpha value is -0.120. The molecule has 4 fully saturated rings. The molecule has 3 nitrogen and oxygen atoms in total. The van der Waals surface area contributed by atoms with E-state index in [4.69, 9.17) is 0 Å². The monoisotopic (exact) mass is 417 g/mol. The van der Waals surface area contributed by atoms with Crippen molar-refractivity contribution in [2.45, 2.75) is 135 Å². The third-order valence-electron chi connectivity index (χ3n) is 9.81. The predicted octanol–water partition coefficient (Wildman–Crippen LogP) is 6.68. The average molecular weight is 418 g/mol. The Kier molecular flexibility index (Phi) is 8.56. The van der Waals surface area contributed by atoms with Gasteiger partial charge in [-0.25, -0.2) is 0 Å². The molecule has 0 aromatic rings. The fourth-order valence-corrected chi connectivity index (χ4v) is 7.35. The van der Waals surface area contributed by atoms with Crippen LogP contribution in [0, 0.1) is 17.8 Å². The van der Waals surface area contributed by atoms with Crippen LogP contribution in [0.1, 0.15) is 117 Å². The van der Waals surface area contributed by atoms with Crippen LogP contribution in [0.3, 0.4) is 0 Å². The maximum absolute atomic E-state index is 2.89. The first-order chi connectivity index (χ1) is 14.6. The average Bonchev–Trinajstić information content (AvgIpc) is 2.84. The van der Waals surface area contributed by atoms with Crippen molar-refractivity contribution in [2.75, 3.05) is 20.0 Å². The molecule has 0 bridgehead atoms. The highest BCUT2D eigenvalue weighted by Crippen LogP contribution is 2.35. The van der Waals surface area contributed by atoms with Gasteiger partial charge in [-0.3, -0.25) is 14.7 Å². The largest absolute Gasteiger partial charge is 0.274 e. The van der Waals surface area contributed by atoms with Gasteiger partial charge in [0, 0.05) is 18.1 Å². The fourth-order valence-electron chi connectivity index (χ4n) is 7.35. The van der Waals surface area contributed by atoms with Crippen molar-refractivity contribution < 1.29 is 0 Å². The lowest BCUT2D eigenvalue weighted by atomic mass is 9.82. The van der Waals surface area contributed by atoms with Crippen molar-refractivity contribution >= 4 is 0 Å². The lowest BCUT2D eigenvalue weighted by molar-refractivity contribution is -0.107. The molecule has 1 saturated heterocycles. The third-order valence-corrected chi connectivity index (χ3v) is 9.81. The van der Waals surface area contributed by atoms with Crippen LogP contribution in [0.15, 0.2) is 0 Å². The van der Waals surface area contributed by atoms with Crippen LogP contribution in [-0.2, 0) is 0 Å². The molecule has 3 aliphatic carbocycles. The van der Waals surface area contributed by atoms with Crippen molar-refractivity contribution in [3.05, 3.63) is 0 Å². The molecular weight excluding hydrogens is 366 g/mol. The van der Waals surface area contributed by atoms with Crippen molar-refractivity contribution in [3.63, 3.8) is 0 Å². The summed E-state index contributed by atoms with van der Waals surface area (Å²) < 4.78 is 0. The van der Waals surface area contributed by atoms with Crippen molar-refractivity contribution in [1.29, 1.82) is 0 Å². The summed E-state index contributed by atoms with van der Waals surface area (Å²) in [4.78, 5) is 8.66. The first-order valence-electron chi connectivity index (χ1n) is 13.9. The lowest BCUT2D eigenvalue weighted by Gasteiger charge is -2.52. The second kappa shape index (κ2) is 11.1. The molecule has 3 heteroatoms. The van der Waals surface area contributed by atoms with E-state index in [2.05, 4.69) is 35.5 Å². The summed E-state index contributed by atoms with van der Waals surface area (Å²) in [5.41, 5.74) is 0. The van der Waals surface area contributed by atoms with E-state index in [1.807, 2.05) is 0 Å². The smallest absolute Gasteiger partial charge is 0.0535 e. The van der Waals surface area contributed by atoms with Gasteiger partial charge in [0.1, 0.15) is 0 Å². The summed E-state index contributed by atoms with van der Waals surface area (Å²) in [6.45, 7) is 11.3. The SMILES string of the molecule is CC(C1CCCCC1)N1CN(C(C)C2CCCCC2)CN(C(C)C2CCCCC2)C1. The summed E-state index contributed by atoms with van der Waals surface area (Å²) in [5.74, 6) is 2.78. The van der Waals surface area contributed by atoms with E-state index in [1.54, 1.807) is 0 Å². The molecule has 1 heterocycles. The second-order valence-electron chi connectivity index (χ2n) is 11.6. The van der Waals surface area contributed by atoms with E-state index in [0.29, 0.717) is 0 Å². The predicted molar refractivity (Wildman–Crippen MR) is 128 cm³/mol. The topological polar surface area (TPSA) is 9.72 Å². The molecule has 0 aromatic heterocycles. The third kappa shape index (κ3) is 5.62. The van der Waals surface area contributed by atoms with E-state index < -0.39 is 0 Å². The van der Waals surface area contributed by atoms with Crippen LogP contribution in [0.5, 0.6) is 0 Å². The van der Waals surface area contributed by atoms with Gasteiger partial charge in [-0.1, -0.05) is 57.8 Å². The highest BCUT2D eigenvalue weighted by molar-refractivity contribution is 4.88. The van der Waals surface area contributed by atoms with Gasteiger partial charge in [0.05, 0.1) is 20.0 Å². The standard InChI is InChI=1S/C27H51N3/c1-22(25-13-7-4-8-14-25)28-19-29(23(2)26-15-9-5-10-16-26)21-30(20-28)24(3)27-17-11-6-12-18-27/h22-27H,4-21H2,1-3H3. The van der Waals surface area contributed by atoms with Gasteiger partial charge in [0.25, 0.3) is 0 Å². The Morgan fingerprint density at radius 3 is 0.867 bits per heavy atom. The van der Waals surface area contributed by atoms with E-state index >= 15 is 0 Å². The number of rotatable bonds is 6. The number of hydrogen-bond acceptors (Lipinski definition) is 3. The van der Waals surface area contributed by atoms with E-state index in [9.17, 15) is 0 Å². The zero-order valence-electron chi connectivity index (χ0n) is 20.5. The molecule has 3 atom stereocenters. The van der Waals surface area contributed by atoms with Crippen molar-refractivity contribution in [3.8, 4) is 0 Å². The fraction of sp³-hybridized carbons (Fsp3) is 1.00. The maximum Gasteiger partial charge on any atom is 0.0535 e. The summed E-state index contributed by atoms with van der Waals surface area (Å²) >= 11 is 0. The summed E-state index contributed by atoms with van der Waals surface area (Å²) in [5, 5.41) is 0. The van der Waals surface area contributed by atoms with E-state index in [0.717, 1.165) is 35.9 Å². The lowest BCUT2D eigenvalue weighted by Crippen LogP contribution is -2.63. The zero-order chi connectivity index (χ0) is 20.9. The minimum Gasteiger partial charge on any atom is -0.274 e. The second-order valence-corrected chi connectivity index (χ2v) is 11.6. The van der Waals surface area contributed by atoms with Gasteiger partial charge < -0.3 is 0 Å². The summed E-state index contributed by atoms with van der Waals surface area (Å²) in [7, 11) is 0. The van der Waals surface area contributed by atoms with Crippen LogP contribution in [0.25, 0.3) is 0 Å². The molecule has 0 amide bonds. The van der Waals surface area contributed by atoms with E-state index in [-0.39, 0.29) is 0 Å². The Morgan fingerprint density at radius 1 is 0.400 bits per heavy atom. The van der Waals surface area contributed by atoms with Crippen molar-refractivity contribution in [2.24, 2.45) is 17.8 Å². The molecule has 0 aromatic carbocycles. The summed E-state index contributed by atoms with van der Waals surface area (Å²) in [6, 6.07) is 2.23. The summed E-state index contributed by atoms with van der Waals surface area (Å²) in [6.07, 6.45) is 22.0. The van der Waals surface area contributed by atoms with Crippen LogP contribution in [0.2, 0.25) is 0 Å². The molecule has 30 heavy (non-hydrogen) atoms. The van der Waals surface area contributed by atoms with Crippen LogP contribution < -0.4 is 0 Å².